The molecule has 152 valence electrons. The van der Waals surface area contributed by atoms with E-state index in [-0.39, 0.29) is 17.6 Å². The topological polar surface area (TPSA) is 95.1 Å². The summed E-state index contributed by atoms with van der Waals surface area (Å²) in [6.07, 6.45) is 0.667. The van der Waals surface area contributed by atoms with Crippen molar-refractivity contribution >= 4 is 23.4 Å². The Morgan fingerprint density at radius 2 is 2.00 bits per heavy atom. The second-order valence-corrected chi connectivity index (χ2v) is 7.77. The summed E-state index contributed by atoms with van der Waals surface area (Å²) in [6.45, 7) is 4.08. The van der Waals surface area contributed by atoms with Gasteiger partial charge in [-0.2, -0.15) is 0 Å². The summed E-state index contributed by atoms with van der Waals surface area (Å²) in [6, 6.07) is 15.8. The molecule has 3 rings (SSSR count). The van der Waals surface area contributed by atoms with E-state index in [1.807, 2.05) is 43.3 Å². The van der Waals surface area contributed by atoms with Crippen molar-refractivity contribution in [2.75, 3.05) is 24.0 Å². The van der Waals surface area contributed by atoms with E-state index in [0.29, 0.717) is 28.8 Å². The second kappa shape index (κ2) is 9.47. The minimum absolute atomic E-state index is 0.166. The molecular weight excluding hydrogens is 386 g/mol. The molecule has 3 N–H and O–H groups in total. The highest BCUT2D eigenvalue weighted by Crippen LogP contribution is 2.26. The number of anilines is 1. The van der Waals surface area contributed by atoms with Gasteiger partial charge in [-0.15, -0.1) is 10.2 Å². The Kier molecular flexibility index (Phi) is 6.77. The minimum Gasteiger partial charge on any atom is -0.495 e. The summed E-state index contributed by atoms with van der Waals surface area (Å²) >= 11 is 1.25. The summed E-state index contributed by atoms with van der Waals surface area (Å²) in [5, 5.41) is 11.7. The van der Waals surface area contributed by atoms with Crippen molar-refractivity contribution in [1.82, 2.24) is 14.9 Å². The summed E-state index contributed by atoms with van der Waals surface area (Å²) in [4.78, 5) is 12.4. The van der Waals surface area contributed by atoms with Crippen LogP contribution in [0.1, 0.15) is 29.8 Å². The van der Waals surface area contributed by atoms with Crippen LogP contribution in [0.2, 0.25) is 0 Å². The van der Waals surface area contributed by atoms with Crippen LogP contribution in [0.15, 0.2) is 53.7 Å². The van der Waals surface area contributed by atoms with Crippen molar-refractivity contribution in [3.63, 3.8) is 0 Å². The fourth-order valence-corrected chi connectivity index (χ4v) is 3.63. The number of nitrogens with two attached hydrogens (primary N) is 1. The maximum Gasteiger partial charge on any atom is 0.234 e. The molecule has 1 unspecified atom stereocenters. The molecule has 1 atom stereocenters. The number of nitrogen functional groups attached to an aromatic ring is 1. The molecule has 0 spiro atoms. The Labute approximate surface area is 174 Å². The summed E-state index contributed by atoms with van der Waals surface area (Å²) in [5.74, 6) is 7.72. The normalized spacial score (nSPS) is 11.8. The van der Waals surface area contributed by atoms with Gasteiger partial charge in [0.2, 0.25) is 11.1 Å². The van der Waals surface area contributed by atoms with E-state index in [9.17, 15) is 4.79 Å². The number of carbonyl (C=O) groups excluding carboxylic acids is 1. The highest BCUT2D eigenvalue weighted by atomic mass is 32.2. The number of methoxy groups -OCH3 is 1. The first kappa shape index (κ1) is 20.7. The van der Waals surface area contributed by atoms with Gasteiger partial charge in [0.15, 0.2) is 5.82 Å². The lowest BCUT2D eigenvalue weighted by atomic mass is 9.98. The van der Waals surface area contributed by atoms with Crippen LogP contribution < -0.4 is 15.9 Å². The molecule has 3 aromatic rings. The third kappa shape index (κ3) is 5.29. The van der Waals surface area contributed by atoms with Crippen LogP contribution in [0.25, 0.3) is 0 Å². The van der Waals surface area contributed by atoms with Gasteiger partial charge < -0.3 is 15.9 Å². The number of hydrogen-bond acceptors (Lipinski definition) is 6. The smallest absolute Gasteiger partial charge is 0.234 e. The molecule has 29 heavy (non-hydrogen) atoms. The first-order valence-corrected chi connectivity index (χ1v) is 10.3. The maximum absolute atomic E-state index is 12.4. The molecule has 0 aliphatic rings. The lowest BCUT2D eigenvalue weighted by molar-refractivity contribution is -0.113. The second-order valence-electron chi connectivity index (χ2n) is 6.83. The first-order chi connectivity index (χ1) is 14.0. The highest BCUT2D eigenvalue weighted by Gasteiger charge is 2.16. The average Bonchev–Trinajstić information content (AvgIpc) is 3.06. The number of nitrogens with one attached hydrogen (secondary N) is 1. The third-order valence-corrected chi connectivity index (χ3v) is 5.50. The van der Waals surface area contributed by atoms with E-state index in [4.69, 9.17) is 10.6 Å². The summed E-state index contributed by atoms with van der Waals surface area (Å²) < 4.78 is 6.75. The van der Waals surface area contributed by atoms with E-state index in [0.717, 1.165) is 5.56 Å². The molecular formula is C21H25N5O2S. The molecule has 1 heterocycles. The van der Waals surface area contributed by atoms with Gasteiger partial charge in [0.25, 0.3) is 0 Å². The van der Waals surface area contributed by atoms with Crippen LogP contribution in [-0.4, -0.2) is 33.6 Å². The number of rotatable bonds is 8. The Hall–Kier alpha value is -3.00. The Morgan fingerprint density at radius 1 is 1.24 bits per heavy atom. The zero-order valence-corrected chi connectivity index (χ0v) is 17.6. The fraction of sp³-hybridized carbons (Fsp3) is 0.286. The number of aryl methyl sites for hydroxylation is 1. The van der Waals surface area contributed by atoms with Crippen molar-refractivity contribution in [2.24, 2.45) is 0 Å². The standard InChI is InChI=1S/C21H25N5O2S/c1-14-9-10-18(28-3)17(11-14)23-20(27)13-29-21-25-24-19(26(21)22)12-15(2)16-7-5-4-6-8-16/h4-11,15H,12-13,22H2,1-3H3,(H,23,27). The predicted molar refractivity (Wildman–Crippen MR) is 116 cm³/mol. The van der Waals surface area contributed by atoms with E-state index in [1.54, 1.807) is 7.11 Å². The first-order valence-electron chi connectivity index (χ1n) is 9.29. The number of ether oxygens (including phenoxy) is 1. The minimum atomic E-state index is -0.166. The van der Waals surface area contributed by atoms with Gasteiger partial charge in [-0.3, -0.25) is 4.79 Å². The van der Waals surface area contributed by atoms with Crippen molar-refractivity contribution in [3.8, 4) is 5.75 Å². The highest BCUT2D eigenvalue weighted by molar-refractivity contribution is 7.99. The van der Waals surface area contributed by atoms with Crippen molar-refractivity contribution in [1.29, 1.82) is 0 Å². The van der Waals surface area contributed by atoms with Crippen LogP contribution >= 0.6 is 11.8 Å². The molecule has 0 fully saturated rings. The van der Waals surface area contributed by atoms with Crippen molar-refractivity contribution in [3.05, 3.63) is 65.5 Å². The Bertz CT molecular complexity index is 974. The summed E-state index contributed by atoms with van der Waals surface area (Å²) in [5.41, 5.74) is 2.90. The van der Waals surface area contributed by atoms with Gasteiger partial charge in [0.1, 0.15) is 5.75 Å². The van der Waals surface area contributed by atoms with E-state index < -0.39 is 0 Å². The van der Waals surface area contributed by atoms with Crippen LogP contribution in [-0.2, 0) is 11.2 Å². The molecule has 8 heteroatoms. The molecule has 0 aliphatic heterocycles. The van der Waals surface area contributed by atoms with Gasteiger partial charge in [-0.05, 0) is 36.1 Å². The van der Waals surface area contributed by atoms with Crippen molar-refractivity contribution < 1.29 is 9.53 Å². The molecule has 1 aromatic heterocycles. The van der Waals surface area contributed by atoms with Gasteiger partial charge in [-0.25, -0.2) is 4.68 Å². The largest absolute Gasteiger partial charge is 0.495 e. The monoisotopic (exact) mass is 411 g/mol. The molecule has 0 saturated carbocycles. The molecule has 1 amide bonds. The van der Waals surface area contributed by atoms with Gasteiger partial charge in [0.05, 0.1) is 18.6 Å². The number of amides is 1. The van der Waals surface area contributed by atoms with E-state index in [1.165, 1.54) is 22.0 Å². The van der Waals surface area contributed by atoms with Crippen LogP contribution in [0.3, 0.4) is 0 Å². The lowest BCUT2D eigenvalue weighted by Crippen LogP contribution is -2.18. The lowest BCUT2D eigenvalue weighted by Gasteiger charge is -2.12. The third-order valence-electron chi connectivity index (χ3n) is 4.55. The van der Waals surface area contributed by atoms with Gasteiger partial charge >= 0.3 is 0 Å². The van der Waals surface area contributed by atoms with Crippen LogP contribution in [0.4, 0.5) is 5.69 Å². The van der Waals surface area contributed by atoms with E-state index >= 15 is 0 Å². The number of hydrogen-bond donors (Lipinski definition) is 2. The van der Waals surface area contributed by atoms with Crippen LogP contribution in [0.5, 0.6) is 5.75 Å². The molecule has 0 aliphatic carbocycles. The molecule has 2 aromatic carbocycles. The number of aromatic nitrogens is 3. The number of carbonyl (C=O) groups is 1. The van der Waals surface area contributed by atoms with Gasteiger partial charge in [-0.1, -0.05) is 55.1 Å². The van der Waals surface area contributed by atoms with Crippen LogP contribution in [0, 0.1) is 6.92 Å². The fourth-order valence-electron chi connectivity index (χ4n) is 2.95. The Balaban J connectivity index is 1.59. The zero-order valence-electron chi connectivity index (χ0n) is 16.8. The molecule has 0 radical (unpaired) electrons. The van der Waals surface area contributed by atoms with Gasteiger partial charge in [0, 0.05) is 6.42 Å². The quantitative estimate of drug-likeness (QED) is 0.436. The predicted octanol–water partition coefficient (Wildman–Crippen LogP) is 3.39. The molecule has 0 saturated heterocycles. The zero-order chi connectivity index (χ0) is 20.8. The number of thioether (sulfide) groups is 1. The molecule has 7 nitrogen and oxygen atoms in total. The van der Waals surface area contributed by atoms with Crippen molar-refractivity contribution in [2.45, 2.75) is 31.3 Å². The molecule has 0 bridgehead atoms. The Morgan fingerprint density at radius 3 is 2.72 bits per heavy atom. The van der Waals surface area contributed by atoms with E-state index in [2.05, 4.69) is 34.6 Å². The summed E-state index contributed by atoms with van der Waals surface area (Å²) in [7, 11) is 1.57. The number of nitrogens with zero attached hydrogens (tertiary/aromatic N) is 3. The maximum atomic E-state index is 12.4. The number of benzene rings is 2. The average molecular weight is 412 g/mol. The SMILES string of the molecule is COc1ccc(C)cc1NC(=O)CSc1nnc(CC(C)c2ccccc2)n1N.